The highest BCUT2D eigenvalue weighted by molar-refractivity contribution is 5.48. The first-order valence-electron chi connectivity index (χ1n) is 5.87. The molecular formula is C13H18FNO. The topological polar surface area (TPSA) is 32.3 Å². The molecule has 16 heavy (non-hydrogen) atoms. The Labute approximate surface area is 95.5 Å². The van der Waals surface area contributed by atoms with Crippen molar-refractivity contribution in [3.8, 4) is 0 Å². The maximum Gasteiger partial charge on any atom is 0.146 e. The minimum absolute atomic E-state index is 0.00921. The standard InChI is InChI=1S/C13H18FNO/c1-9-6-7-10(14)12(8-9)15-11-4-2-3-5-13(11)16/h6-8,11,13,15-16H,2-5H2,1H3/t11-,13-/m1/s1. The molecule has 1 aromatic rings. The van der Waals surface area contributed by atoms with Crippen LogP contribution in [-0.4, -0.2) is 17.3 Å². The number of halogens is 1. The Morgan fingerprint density at radius 1 is 1.31 bits per heavy atom. The third-order valence-corrected chi connectivity index (χ3v) is 3.19. The van der Waals surface area contributed by atoms with Crippen LogP contribution in [0, 0.1) is 12.7 Å². The smallest absolute Gasteiger partial charge is 0.146 e. The van der Waals surface area contributed by atoms with Crippen molar-refractivity contribution in [2.24, 2.45) is 0 Å². The Kier molecular flexibility index (Phi) is 3.44. The average molecular weight is 223 g/mol. The number of rotatable bonds is 2. The predicted octanol–water partition coefficient (Wildman–Crippen LogP) is 2.85. The van der Waals surface area contributed by atoms with Crippen LogP contribution in [0.15, 0.2) is 18.2 Å². The van der Waals surface area contributed by atoms with Crippen molar-refractivity contribution in [1.82, 2.24) is 0 Å². The van der Waals surface area contributed by atoms with Crippen LogP contribution in [-0.2, 0) is 0 Å². The van der Waals surface area contributed by atoms with Crippen molar-refractivity contribution in [3.05, 3.63) is 29.6 Å². The van der Waals surface area contributed by atoms with Crippen molar-refractivity contribution in [1.29, 1.82) is 0 Å². The van der Waals surface area contributed by atoms with E-state index in [9.17, 15) is 9.50 Å². The number of hydrogen-bond acceptors (Lipinski definition) is 2. The molecule has 1 fully saturated rings. The zero-order valence-corrected chi connectivity index (χ0v) is 9.54. The van der Waals surface area contributed by atoms with Gasteiger partial charge in [-0.25, -0.2) is 4.39 Å². The molecule has 0 radical (unpaired) electrons. The van der Waals surface area contributed by atoms with Gasteiger partial charge in [0.15, 0.2) is 0 Å². The molecule has 0 unspecified atom stereocenters. The lowest BCUT2D eigenvalue weighted by Crippen LogP contribution is -2.36. The van der Waals surface area contributed by atoms with Gasteiger partial charge in [-0.3, -0.25) is 0 Å². The fourth-order valence-electron chi connectivity index (χ4n) is 2.23. The van der Waals surface area contributed by atoms with Crippen molar-refractivity contribution in [2.75, 3.05) is 5.32 Å². The maximum atomic E-state index is 13.5. The Hall–Kier alpha value is -1.09. The molecule has 2 atom stereocenters. The number of hydrogen-bond donors (Lipinski definition) is 2. The summed E-state index contributed by atoms with van der Waals surface area (Å²) in [4.78, 5) is 0. The van der Waals surface area contributed by atoms with E-state index in [1.807, 2.05) is 6.92 Å². The van der Waals surface area contributed by atoms with E-state index in [1.165, 1.54) is 6.07 Å². The van der Waals surface area contributed by atoms with E-state index < -0.39 is 0 Å². The number of aliphatic hydroxyl groups is 1. The summed E-state index contributed by atoms with van der Waals surface area (Å²) in [6, 6.07) is 4.99. The van der Waals surface area contributed by atoms with Crippen LogP contribution in [0.3, 0.4) is 0 Å². The van der Waals surface area contributed by atoms with Gasteiger partial charge in [0.25, 0.3) is 0 Å². The van der Waals surface area contributed by atoms with Crippen LogP contribution in [0.25, 0.3) is 0 Å². The van der Waals surface area contributed by atoms with E-state index in [1.54, 1.807) is 12.1 Å². The Balaban J connectivity index is 2.10. The van der Waals surface area contributed by atoms with Gasteiger partial charge in [0, 0.05) is 0 Å². The zero-order chi connectivity index (χ0) is 11.5. The fourth-order valence-corrected chi connectivity index (χ4v) is 2.23. The van der Waals surface area contributed by atoms with Crippen LogP contribution in [0.4, 0.5) is 10.1 Å². The number of aryl methyl sites for hydroxylation is 1. The first kappa shape index (κ1) is 11.4. The molecule has 0 amide bonds. The van der Waals surface area contributed by atoms with Gasteiger partial charge in [-0.05, 0) is 37.5 Å². The molecule has 3 heteroatoms. The molecule has 0 spiro atoms. The lowest BCUT2D eigenvalue weighted by atomic mass is 9.92. The molecule has 2 N–H and O–H groups in total. The lowest BCUT2D eigenvalue weighted by Gasteiger charge is -2.29. The number of nitrogens with one attached hydrogen (secondary N) is 1. The van der Waals surface area contributed by atoms with E-state index in [2.05, 4.69) is 5.32 Å². The Morgan fingerprint density at radius 3 is 2.81 bits per heavy atom. The summed E-state index contributed by atoms with van der Waals surface area (Å²) >= 11 is 0. The third-order valence-electron chi connectivity index (χ3n) is 3.19. The highest BCUT2D eigenvalue weighted by Crippen LogP contribution is 2.24. The quantitative estimate of drug-likeness (QED) is 0.808. The molecule has 2 nitrogen and oxygen atoms in total. The second-order valence-electron chi connectivity index (χ2n) is 4.59. The lowest BCUT2D eigenvalue weighted by molar-refractivity contribution is 0.116. The van der Waals surface area contributed by atoms with Gasteiger partial charge in [-0.15, -0.1) is 0 Å². The van der Waals surface area contributed by atoms with E-state index in [4.69, 9.17) is 0 Å². The first-order chi connectivity index (χ1) is 7.66. The number of anilines is 1. The van der Waals surface area contributed by atoms with Gasteiger partial charge in [-0.2, -0.15) is 0 Å². The van der Waals surface area contributed by atoms with Gasteiger partial charge in [0.2, 0.25) is 0 Å². The van der Waals surface area contributed by atoms with Crippen LogP contribution >= 0.6 is 0 Å². The summed E-state index contributed by atoms with van der Waals surface area (Å²) in [5.41, 5.74) is 1.53. The van der Waals surface area contributed by atoms with E-state index >= 15 is 0 Å². The van der Waals surface area contributed by atoms with Crippen molar-refractivity contribution in [2.45, 2.75) is 44.8 Å². The summed E-state index contributed by atoms with van der Waals surface area (Å²) in [6.07, 6.45) is 3.53. The predicted molar refractivity (Wildman–Crippen MR) is 63.0 cm³/mol. The summed E-state index contributed by atoms with van der Waals surface area (Å²) in [5, 5.41) is 12.9. The first-order valence-corrected chi connectivity index (χ1v) is 5.87. The number of benzene rings is 1. The average Bonchev–Trinajstić information content (AvgIpc) is 2.27. The van der Waals surface area contributed by atoms with Crippen LogP contribution in [0.2, 0.25) is 0 Å². The van der Waals surface area contributed by atoms with Gasteiger partial charge >= 0.3 is 0 Å². The SMILES string of the molecule is Cc1ccc(F)c(N[C@@H]2CCCC[C@H]2O)c1. The molecule has 1 aromatic carbocycles. The van der Waals surface area contributed by atoms with Gasteiger partial charge in [0.1, 0.15) is 5.82 Å². The molecular weight excluding hydrogens is 205 g/mol. The molecule has 88 valence electrons. The van der Waals surface area contributed by atoms with Gasteiger partial charge in [-0.1, -0.05) is 18.9 Å². The van der Waals surface area contributed by atoms with E-state index in [0.717, 1.165) is 31.2 Å². The minimum Gasteiger partial charge on any atom is -0.391 e. The molecule has 0 heterocycles. The molecule has 0 bridgehead atoms. The van der Waals surface area contributed by atoms with Crippen molar-refractivity contribution < 1.29 is 9.50 Å². The Morgan fingerprint density at radius 2 is 2.06 bits per heavy atom. The molecule has 0 saturated heterocycles. The molecule has 2 rings (SSSR count). The molecule has 0 aliphatic heterocycles. The molecule has 1 saturated carbocycles. The largest absolute Gasteiger partial charge is 0.391 e. The molecule has 1 aliphatic carbocycles. The van der Waals surface area contributed by atoms with E-state index in [-0.39, 0.29) is 18.0 Å². The van der Waals surface area contributed by atoms with Crippen molar-refractivity contribution >= 4 is 5.69 Å². The van der Waals surface area contributed by atoms with Gasteiger partial charge < -0.3 is 10.4 Å². The van der Waals surface area contributed by atoms with Gasteiger partial charge in [0.05, 0.1) is 17.8 Å². The van der Waals surface area contributed by atoms with Crippen LogP contribution in [0.1, 0.15) is 31.2 Å². The molecule has 0 aromatic heterocycles. The highest BCUT2D eigenvalue weighted by Gasteiger charge is 2.23. The van der Waals surface area contributed by atoms with Crippen LogP contribution in [0.5, 0.6) is 0 Å². The highest BCUT2D eigenvalue weighted by atomic mass is 19.1. The minimum atomic E-state index is -0.353. The third kappa shape index (κ3) is 2.53. The second kappa shape index (κ2) is 4.83. The summed E-state index contributed by atoms with van der Waals surface area (Å²) in [7, 11) is 0. The summed E-state index contributed by atoms with van der Waals surface area (Å²) in [5.74, 6) is -0.247. The molecule has 1 aliphatic rings. The number of aliphatic hydroxyl groups excluding tert-OH is 1. The van der Waals surface area contributed by atoms with Crippen molar-refractivity contribution in [3.63, 3.8) is 0 Å². The fraction of sp³-hybridized carbons (Fsp3) is 0.538. The van der Waals surface area contributed by atoms with Crippen LogP contribution < -0.4 is 5.32 Å². The monoisotopic (exact) mass is 223 g/mol. The van der Waals surface area contributed by atoms with E-state index in [0.29, 0.717) is 5.69 Å². The maximum absolute atomic E-state index is 13.5. The summed E-state index contributed by atoms with van der Waals surface area (Å²) < 4.78 is 13.5. The summed E-state index contributed by atoms with van der Waals surface area (Å²) in [6.45, 7) is 1.93. The second-order valence-corrected chi connectivity index (χ2v) is 4.59. The Bertz CT molecular complexity index is 367. The zero-order valence-electron chi connectivity index (χ0n) is 9.54. The normalized spacial score (nSPS) is 25.4.